The molecule has 3 heteroatoms. The second kappa shape index (κ2) is 6.10. The first-order valence-electron chi connectivity index (χ1n) is 6.65. The number of nitrogens with zero attached hydrogens (tertiary/aromatic N) is 1. The normalized spacial score (nSPS) is 19.2. The van der Waals surface area contributed by atoms with E-state index >= 15 is 0 Å². The fourth-order valence-electron chi connectivity index (χ4n) is 2.86. The third-order valence-corrected chi connectivity index (χ3v) is 3.68. The van der Waals surface area contributed by atoms with Crippen molar-refractivity contribution in [3.05, 3.63) is 29.8 Å². The van der Waals surface area contributed by atoms with E-state index in [-0.39, 0.29) is 11.9 Å². The summed E-state index contributed by atoms with van der Waals surface area (Å²) in [6, 6.07) is 1.97. The van der Waals surface area contributed by atoms with Gasteiger partial charge in [-0.2, -0.15) is 0 Å². The van der Waals surface area contributed by atoms with Gasteiger partial charge in [0.25, 0.3) is 0 Å². The van der Waals surface area contributed by atoms with Crippen LogP contribution in [-0.2, 0) is 0 Å². The first kappa shape index (κ1) is 12.5. The van der Waals surface area contributed by atoms with Gasteiger partial charge in [-0.3, -0.25) is 4.98 Å². The second-order valence-electron chi connectivity index (χ2n) is 4.83. The summed E-state index contributed by atoms with van der Waals surface area (Å²) < 4.78 is 13.8. The van der Waals surface area contributed by atoms with Gasteiger partial charge in [-0.25, -0.2) is 4.39 Å². The highest BCUT2D eigenvalue weighted by Crippen LogP contribution is 2.35. The lowest BCUT2D eigenvalue weighted by atomic mass is 9.81. The molecule has 1 fully saturated rings. The number of hydrogen-bond acceptors (Lipinski definition) is 2. The van der Waals surface area contributed by atoms with E-state index in [0.717, 1.165) is 12.1 Å². The van der Waals surface area contributed by atoms with E-state index in [1.165, 1.54) is 38.3 Å². The molecule has 1 aliphatic carbocycles. The van der Waals surface area contributed by atoms with Gasteiger partial charge >= 0.3 is 0 Å². The van der Waals surface area contributed by atoms with E-state index in [1.807, 2.05) is 6.07 Å². The van der Waals surface area contributed by atoms with Crippen LogP contribution in [0.5, 0.6) is 0 Å². The fourth-order valence-corrected chi connectivity index (χ4v) is 2.86. The lowest BCUT2D eigenvalue weighted by molar-refractivity contribution is 0.269. The van der Waals surface area contributed by atoms with Crippen molar-refractivity contribution in [3.63, 3.8) is 0 Å². The maximum Gasteiger partial charge on any atom is 0.146 e. The zero-order chi connectivity index (χ0) is 12.1. The summed E-state index contributed by atoms with van der Waals surface area (Å²) >= 11 is 0. The molecule has 1 aromatic rings. The average Bonchev–Trinajstić information content (AvgIpc) is 2.38. The zero-order valence-corrected chi connectivity index (χ0v) is 10.5. The molecule has 0 amide bonds. The van der Waals surface area contributed by atoms with Crippen LogP contribution in [0.4, 0.5) is 4.39 Å². The maximum absolute atomic E-state index is 13.8. The number of nitrogens with one attached hydrogen (secondary N) is 1. The molecule has 2 rings (SSSR count). The van der Waals surface area contributed by atoms with Crippen molar-refractivity contribution in [1.29, 1.82) is 0 Å². The van der Waals surface area contributed by atoms with Crippen LogP contribution in [0.1, 0.15) is 50.6 Å². The Balaban J connectivity index is 2.18. The van der Waals surface area contributed by atoms with Gasteiger partial charge in [0, 0.05) is 17.8 Å². The highest BCUT2D eigenvalue weighted by Gasteiger charge is 2.26. The molecule has 1 aliphatic rings. The van der Waals surface area contributed by atoms with Crippen LogP contribution < -0.4 is 5.32 Å². The SMILES string of the molecule is CCNC(c1ccncc1F)C1CCCCC1. The predicted octanol–water partition coefficient (Wildman–Crippen LogP) is 3.45. The number of rotatable bonds is 4. The third-order valence-electron chi connectivity index (χ3n) is 3.68. The van der Waals surface area contributed by atoms with E-state index < -0.39 is 0 Å². The Hall–Kier alpha value is -0.960. The molecule has 94 valence electrons. The summed E-state index contributed by atoms with van der Waals surface area (Å²) in [6.07, 6.45) is 9.31. The van der Waals surface area contributed by atoms with E-state index in [0.29, 0.717) is 5.92 Å². The summed E-state index contributed by atoms with van der Waals surface area (Å²) in [4.78, 5) is 3.83. The Labute approximate surface area is 103 Å². The summed E-state index contributed by atoms with van der Waals surface area (Å²) in [5.41, 5.74) is 0.786. The fraction of sp³-hybridized carbons (Fsp3) is 0.643. The lowest BCUT2D eigenvalue weighted by Gasteiger charge is -2.31. The molecule has 1 N–H and O–H groups in total. The van der Waals surface area contributed by atoms with Crippen molar-refractivity contribution in [2.75, 3.05) is 6.54 Å². The molecule has 2 nitrogen and oxygen atoms in total. The van der Waals surface area contributed by atoms with Crippen molar-refractivity contribution >= 4 is 0 Å². The second-order valence-corrected chi connectivity index (χ2v) is 4.83. The molecule has 17 heavy (non-hydrogen) atoms. The molecule has 1 atom stereocenters. The molecule has 0 aliphatic heterocycles. The minimum Gasteiger partial charge on any atom is -0.310 e. The highest BCUT2D eigenvalue weighted by molar-refractivity contribution is 5.18. The molecule has 1 heterocycles. The molecule has 0 aromatic carbocycles. The topological polar surface area (TPSA) is 24.9 Å². The average molecular weight is 236 g/mol. The first-order chi connectivity index (χ1) is 8.33. The van der Waals surface area contributed by atoms with Gasteiger partial charge in [0.15, 0.2) is 0 Å². The Kier molecular flexibility index (Phi) is 4.49. The van der Waals surface area contributed by atoms with Crippen molar-refractivity contribution in [3.8, 4) is 0 Å². The van der Waals surface area contributed by atoms with Crippen molar-refractivity contribution in [2.45, 2.75) is 45.1 Å². The zero-order valence-electron chi connectivity index (χ0n) is 10.5. The van der Waals surface area contributed by atoms with Crippen LogP contribution in [0.3, 0.4) is 0 Å². The third kappa shape index (κ3) is 3.03. The molecule has 1 unspecified atom stereocenters. The minimum absolute atomic E-state index is 0.156. The number of aromatic nitrogens is 1. The molecule has 0 spiro atoms. The van der Waals surface area contributed by atoms with Crippen molar-refractivity contribution in [1.82, 2.24) is 10.3 Å². The van der Waals surface area contributed by atoms with Crippen molar-refractivity contribution in [2.24, 2.45) is 5.92 Å². The highest BCUT2D eigenvalue weighted by atomic mass is 19.1. The standard InChI is InChI=1S/C14H21FN2/c1-2-17-14(11-6-4-3-5-7-11)12-8-9-16-10-13(12)15/h8-11,14,17H,2-7H2,1H3. The van der Waals surface area contributed by atoms with Gasteiger partial charge in [0.2, 0.25) is 0 Å². The summed E-state index contributed by atoms with van der Waals surface area (Å²) in [5.74, 6) is 0.393. The predicted molar refractivity (Wildman–Crippen MR) is 67.2 cm³/mol. The quantitative estimate of drug-likeness (QED) is 0.866. The maximum atomic E-state index is 13.8. The Bertz CT molecular complexity index is 348. The monoisotopic (exact) mass is 236 g/mol. The van der Waals surface area contributed by atoms with Gasteiger partial charge in [-0.15, -0.1) is 0 Å². The van der Waals surface area contributed by atoms with Crippen LogP contribution in [0, 0.1) is 11.7 Å². The summed E-state index contributed by atoms with van der Waals surface area (Å²) in [7, 11) is 0. The van der Waals surface area contributed by atoms with Crippen LogP contribution in [0.2, 0.25) is 0 Å². The van der Waals surface area contributed by atoms with Gasteiger partial charge < -0.3 is 5.32 Å². The van der Waals surface area contributed by atoms with E-state index in [4.69, 9.17) is 0 Å². The van der Waals surface area contributed by atoms with E-state index in [2.05, 4.69) is 17.2 Å². The molecule has 0 radical (unpaired) electrons. The van der Waals surface area contributed by atoms with Gasteiger partial charge in [-0.05, 0) is 31.4 Å². The van der Waals surface area contributed by atoms with Crippen LogP contribution in [0.25, 0.3) is 0 Å². The van der Waals surface area contributed by atoms with E-state index in [9.17, 15) is 4.39 Å². The molecule has 1 aromatic heterocycles. The van der Waals surface area contributed by atoms with Crippen LogP contribution in [-0.4, -0.2) is 11.5 Å². The first-order valence-corrected chi connectivity index (χ1v) is 6.65. The number of halogens is 1. The lowest BCUT2D eigenvalue weighted by Crippen LogP contribution is -2.30. The van der Waals surface area contributed by atoms with Crippen LogP contribution in [0.15, 0.2) is 18.5 Å². The number of hydrogen-bond donors (Lipinski definition) is 1. The molecule has 1 saturated carbocycles. The van der Waals surface area contributed by atoms with Gasteiger partial charge in [0.1, 0.15) is 5.82 Å². The van der Waals surface area contributed by atoms with Crippen molar-refractivity contribution < 1.29 is 4.39 Å². The molecular weight excluding hydrogens is 215 g/mol. The Morgan fingerprint density at radius 2 is 2.18 bits per heavy atom. The molecule has 0 bridgehead atoms. The largest absolute Gasteiger partial charge is 0.310 e. The molecular formula is C14H21FN2. The van der Waals surface area contributed by atoms with E-state index in [1.54, 1.807) is 6.20 Å². The molecule has 0 saturated heterocycles. The minimum atomic E-state index is -0.177. The van der Waals surface area contributed by atoms with Crippen LogP contribution >= 0.6 is 0 Å². The smallest absolute Gasteiger partial charge is 0.146 e. The van der Waals surface area contributed by atoms with Gasteiger partial charge in [-0.1, -0.05) is 26.2 Å². The Morgan fingerprint density at radius 3 is 2.82 bits per heavy atom. The number of pyridine rings is 1. The summed E-state index contributed by atoms with van der Waals surface area (Å²) in [5, 5.41) is 3.44. The summed E-state index contributed by atoms with van der Waals surface area (Å²) in [6.45, 7) is 2.96. The van der Waals surface area contributed by atoms with Gasteiger partial charge in [0.05, 0.1) is 6.20 Å². The Morgan fingerprint density at radius 1 is 1.41 bits per heavy atom.